The van der Waals surface area contributed by atoms with Crippen LogP contribution < -0.4 is 0 Å². The smallest absolute Gasteiger partial charge is 0.123 e. The topological polar surface area (TPSA) is 0 Å². The van der Waals surface area contributed by atoms with Crippen molar-refractivity contribution in [2.75, 3.05) is 0 Å². The largest absolute Gasteiger partial charge is 0.207 e. The molecule has 4 unspecified atom stereocenters. The number of fused-ring (bicyclic) bond motifs is 1. The number of allylic oxidation sites excluding steroid dienone is 2. The summed E-state index contributed by atoms with van der Waals surface area (Å²) in [5.41, 5.74) is 1.35. The predicted octanol–water partition coefficient (Wildman–Crippen LogP) is 6.09. The molecule has 21 heavy (non-hydrogen) atoms. The van der Waals surface area contributed by atoms with Gasteiger partial charge in [-0.15, -0.1) is 0 Å². The van der Waals surface area contributed by atoms with Crippen molar-refractivity contribution in [3.63, 3.8) is 0 Å². The maximum absolute atomic E-state index is 13.1. The van der Waals surface area contributed by atoms with E-state index >= 15 is 0 Å². The zero-order valence-corrected chi connectivity index (χ0v) is 13.1. The number of hydrogen-bond donors (Lipinski definition) is 0. The number of hydrogen-bond acceptors (Lipinski definition) is 0. The van der Waals surface area contributed by atoms with Crippen LogP contribution in [0.1, 0.15) is 63.4 Å². The number of halogens is 1. The molecule has 0 amide bonds. The van der Waals surface area contributed by atoms with Crippen LogP contribution in [0.5, 0.6) is 0 Å². The third-order valence-electron chi connectivity index (χ3n) is 5.64. The van der Waals surface area contributed by atoms with E-state index in [9.17, 15) is 4.39 Å². The summed E-state index contributed by atoms with van der Waals surface area (Å²) in [7, 11) is 0. The lowest BCUT2D eigenvalue weighted by Gasteiger charge is -2.41. The van der Waals surface area contributed by atoms with E-state index in [1.807, 2.05) is 12.1 Å². The molecule has 0 radical (unpaired) electrons. The first-order chi connectivity index (χ1) is 10.3. The van der Waals surface area contributed by atoms with Crippen LogP contribution in [0.25, 0.3) is 0 Å². The predicted molar refractivity (Wildman–Crippen MR) is 86.7 cm³/mol. The summed E-state index contributed by atoms with van der Waals surface area (Å²) in [6.45, 7) is 2.22. The average molecular weight is 286 g/mol. The summed E-state index contributed by atoms with van der Waals surface area (Å²) in [6, 6.07) is 7.23. The van der Waals surface area contributed by atoms with Crippen molar-refractivity contribution < 1.29 is 4.39 Å². The van der Waals surface area contributed by atoms with Crippen LogP contribution in [0.4, 0.5) is 4.39 Å². The minimum atomic E-state index is -0.115. The Morgan fingerprint density at radius 1 is 1.00 bits per heavy atom. The van der Waals surface area contributed by atoms with Crippen LogP contribution in [0.2, 0.25) is 0 Å². The molecule has 4 atom stereocenters. The molecule has 2 aliphatic rings. The lowest BCUT2D eigenvalue weighted by molar-refractivity contribution is 0.133. The molecule has 1 aromatic carbocycles. The molecule has 0 nitrogen and oxygen atoms in total. The van der Waals surface area contributed by atoms with Crippen LogP contribution in [0.15, 0.2) is 36.4 Å². The fraction of sp³-hybridized carbons (Fsp3) is 0.600. The first-order valence-electron chi connectivity index (χ1n) is 8.68. The standard InChI is InChI=1S/C20H27F/c1-2-3-4-15-5-6-19-14-18(8-7-17(19)13-15)16-9-11-20(21)12-10-16/h3-4,9-12,15,17-19H,2,5-8,13-14H2,1H3/b4-3+. The maximum Gasteiger partial charge on any atom is 0.123 e. The highest BCUT2D eigenvalue weighted by atomic mass is 19.1. The SMILES string of the molecule is CC/C=C/C1CCC2CC(c3ccc(F)cc3)CCC2C1. The van der Waals surface area contributed by atoms with Crippen LogP contribution in [-0.4, -0.2) is 0 Å². The van der Waals surface area contributed by atoms with Crippen LogP contribution >= 0.6 is 0 Å². The average Bonchev–Trinajstić information content (AvgIpc) is 2.53. The van der Waals surface area contributed by atoms with Gasteiger partial charge in [-0.25, -0.2) is 4.39 Å². The molecular weight excluding hydrogens is 259 g/mol. The van der Waals surface area contributed by atoms with E-state index in [4.69, 9.17) is 0 Å². The third-order valence-corrected chi connectivity index (χ3v) is 5.64. The second kappa shape index (κ2) is 6.77. The molecule has 0 heterocycles. The van der Waals surface area contributed by atoms with Gasteiger partial charge in [-0.05, 0) is 86.3 Å². The molecule has 0 bridgehead atoms. The molecule has 0 saturated heterocycles. The fourth-order valence-electron chi connectivity index (χ4n) is 4.47. The van der Waals surface area contributed by atoms with Gasteiger partial charge in [0.15, 0.2) is 0 Å². The van der Waals surface area contributed by atoms with Gasteiger partial charge in [0.2, 0.25) is 0 Å². The summed E-state index contributed by atoms with van der Waals surface area (Å²) in [6.07, 6.45) is 14.1. The molecule has 2 saturated carbocycles. The Morgan fingerprint density at radius 3 is 2.48 bits per heavy atom. The van der Waals surface area contributed by atoms with Crippen LogP contribution in [-0.2, 0) is 0 Å². The summed E-state index contributed by atoms with van der Waals surface area (Å²) in [5.74, 6) is 3.21. The van der Waals surface area contributed by atoms with Crippen molar-refractivity contribution in [3.8, 4) is 0 Å². The molecule has 0 aliphatic heterocycles. The number of benzene rings is 1. The minimum absolute atomic E-state index is 0.115. The highest BCUT2D eigenvalue weighted by molar-refractivity contribution is 5.21. The van der Waals surface area contributed by atoms with Crippen LogP contribution in [0.3, 0.4) is 0 Å². The lowest BCUT2D eigenvalue weighted by Crippen LogP contribution is -2.30. The van der Waals surface area contributed by atoms with Crippen molar-refractivity contribution in [1.29, 1.82) is 0 Å². The van der Waals surface area contributed by atoms with Gasteiger partial charge in [-0.2, -0.15) is 0 Å². The summed E-state index contributed by atoms with van der Waals surface area (Å²) in [4.78, 5) is 0. The second-order valence-corrected chi connectivity index (χ2v) is 6.99. The van der Waals surface area contributed by atoms with E-state index in [0.717, 1.165) is 24.2 Å². The molecule has 114 valence electrons. The Kier molecular flexibility index (Phi) is 4.77. The molecule has 0 spiro atoms. The molecule has 1 heteroatoms. The van der Waals surface area contributed by atoms with Gasteiger partial charge < -0.3 is 0 Å². The van der Waals surface area contributed by atoms with Crippen LogP contribution in [0, 0.1) is 23.6 Å². The summed E-state index contributed by atoms with van der Waals surface area (Å²) >= 11 is 0. The number of rotatable bonds is 3. The molecule has 2 aliphatic carbocycles. The molecule has 1 aromatic rings. The lowest BCUT2D eigenvalue weighted by atomic mass is 9.64. The maximum atomic E-state index is 13.1. The van der Waals surface area contributed by atoms with Crippen molar-refractivity contribution in [3.05, 3.63) is 47.8 Å². The van der Waals surface area contributed by atoms with Crippen molar-refractivity contribution in [2.45, 2.75) is 57.8 Å². The van der Waals surface area contributed by atoms with Gasteiger partial charge in [-0.3, -0.25) is 0 Å². The molecule has 0 aromatic heterocycles. The Balaban J connectivity index is 1.60. The van der Waals surface area contributed by atoms with E-state index in [0.29, 0.717) is 5.92 Å². The molecule has 0 N–H and O–H groups in total. The van der Waals surface area contributed by atoms with E-state index < -0.39 is 0 Å². The summed E-state index contributed by atoms with van der Waals surface area (Å²) in [5, 5.41) is 0. The van der Waals surface area contributed by atoms with Crippen molar-refractivity contribution in [1.82, 2.24) is 0 Å². The zero-order valence-electron chi connectivity index (χ0n) is 13.1. The van der Waals surface area contributed by atoms with Crippen molar-refractivity contribution >= 4 is 0 Å². The quantitative estimate of drug-likeness (QED) is 0.590. The van der Waals surface area contributed by atoms with Gasteiger partial charge in [0, 0.05) is 0 Å². The van der Waals surface area contributed by atoms with E-state index in [1.54, 1.807) is 12.1 Å². The zero-order chi connectivity index (χ0) is 14.7. The Labute approximate surface area is 128 Å². The Hall–Kier alpha value is -1.11. The first kappa shape index (κ1) is 14.8. The van der Waals surface area contributed by atoms with Gasteiger partial charge in [0.1, 0.15) is 5.82 Å². The molecule has 3 rings (SSSR count). The monoisotopic (exact) mass is 286 g/mol. The molecular formula is C20H27F. The van der Waals surface area contributed by atoms with Gasteiger partial charge in [0.25, 0.3) is 0 Å². The highest BCUT2D eigenvalue weighted by Crippen LogP contribution is 2.47. The molecule has 2 fully saturated rings. The van der Waals surface area contributed by atoms with Gasteiger partial charge >= 0.3 is 0 Å². The minimum Gasteiger partial charge on any atom is -0.207 e. The normalized spacial score (nSPS) is 33.0. The third kappa shape index (κ3) is 3.56. The van der Waals surface area contributed by atoms with E-state index in [-0.39, 0.29) is 5.82 Å². The Bertz CT molecular complexity index is 473. The highest BCUT2D eigenvalue weighted by Gasteiger charge is 2.35. The summed E-state index contributed by atoms with van der Waals surface area (Å²) < 4.78 is 13.1. The first-order valence-corrected chi connectivity index (χ1v) is 8.68. The van der Waals surface area contributed by atoms with E-state index in [2.05, 4.69) is 19.1 Å². The van der Waals surface area contributed by atoms with Crippen molar-refractivity contribution in [2.24, 2.45) is 17.8 Å². The second-order valence-electron chi connectivity index (χ2n) is 6.99. The fourth-order valence-corrected chi connectivity index (χ4v) is 4.47. The van der Waals surface area contributed by atoms with Gasteiger partial charge in [-0.1, -0.05) is 31.2 Å². The Morgan fingerprint density at radius 2 is 1.71 bits per heavy atom. The van der Waals surface area contributed by atoms with E-state index in [1.165, 1.54) is 44.1 Å². The van der Waals surface area contributed by atoms with Gasteiger partial charge in [0.05, 0.1) is 0 Å².